The molecule has 0 heterocycles. The Bertz CT molecular complexity index is 978. The van der Waals surface area contributed by atoms with Crippen LogP contribution in [-0.2, 0) is 24.3 Å². The lowest BCUT2D eigenvalue weighted by atomic mass is 10.2. The monoisotopic (exact) mass is 408 g/mol. The SMILES string of the molecule is Cc1ccccc1N(CC(=O)O[C@@H](C)C(=O)Nc1cccc(F)c1)S(C)(=O)=O. The van der Waals surface area contributed by atoms with E-state index in [1.54, 1.807) is 31.2 Å². The highest BCUT2D eigenvalue weighted by atomic mass is 32.2. The van der Waals surface area contributed by atoms with Gasteiger partial charge in [0.25, 0.3) is 5.91 Å². The van der Waals surface area contributed by atoms with Gasteiger partial charge in [0.2, 0.25) is 10.0 Å². The van der Waals surface area contributed by atoms with Crippen molar-refractivity contribution in [2.24, 2.45) is 0 Å². The van der Waals surface area contributed by atoms with Gasteiger partial charge < -0.3 is 10.1 Å². The first-order chi connectivity index (χ1) is 13.1. The molecular weight excluding hydrogens is 387 g/mol. The number of carbonyl (C=O) groups is 2. The van der Waals surface area contributed by atoms with Gasteiger partial charge in [0.15, 0.2) is 6.10 Å². The van der Waals surface area contributed by atoms with Crippen LogP contribution >= 0.6 is 0 Å². The average Bonchev–Trinajstić information content (AvgIpc) is 2.59. The second-order valence-electron chi connectivity index (χ2n) is 6.19. The summed E-state index contributed by atoms with van der Waals surface area (Å²) in [5, 5.41) is 2.42. The minimum atomic E-state index is -3.75. The maximum atomic E-state index is 13.2. The molecule has 0 aliphatic heterocycles. The standard InChI is InChI=1S/C19H21FN2O5S/c1-13-7-4-5-10-17(13)22(28(3,25)26)12-18(23)27-14(2)19(24)21-16-9-6-8-15(20)11-16/h4-11,14H,12H2,1-3H3,(H,21,24)/t14-/m0/s1. The van der Waals surface area contributed by atoms with Crippen LogP contribution in [0.25, 0.3) is 0 Å². The van der Waals surface area contributed by atoms with Crippen LogP contribution < -0.4 is 9.62 Å². The number of amides is 1. The second kappa shape index (κ2) is 8.83. The number of rotatable bonds is 7. The van der Waals surface area contributed by atoms with Crippen molar-refractivity contribution in [3.63, 3.8) is 0 Å². The molecule has 0 saturated heterocycles. The lowest BCUT2D eigenvalue weighted by Gasteiger charge is -2.24. The van der Waals surface area contributed by atoms with Gasteiger partial charge in [-0.1, -0.05) is 24.3 Å². The highest BCUT2D eigenvalue weighted by Gasteiger charge is 2.25. The molecular formula is C19H21FN2O5S. The third-order valence-electron chi connectivity index (χ3n) is 3.83. The van der Waals surface area contributed by atoms with Crippen molar-refractivity contribution in [1.82, 2.24) is 0 Å². The summed E-state index contributed by atoms with van der Waals surface area (Å²) in [6.07, 6.45) is -0.221. The van der Waals surface area contributed by atoms with E-state index in [2.05, 4.69) is 5.32 Å². The normalized spacial score (nSPS) is 12.1. The van der Waals surface area contributed by atoms with Crippen LogP contribution in [0.15, 0.2) is 48.5 Å². The maximum absolute atomic E-state index is 13.2. The zero-order chi connectivity index (χ0) is 20.9. The molecule has 0 radical (unpaired) electrons. The molecule has 2 aromatic rings. The van der Waals surface area contributed by atoms with Gasteiger partial charge in [0.1, 0.15) is 12.4 Å². The van der Waals surface area contributed by atoms with Crippen LogP contribution in [0, 0.1) is 12.7 Å². The zero-order valence-corrected chi connectivity index (χ0v) is 16.5. The highest BCUT2D eigenvalue weighted by molar-refractivity contribution is 7.92. The number of hydrogen-bond acceptors (Lipinski definition) is 5. The number of para-hydroxylation sites is 1. The van der Waals surface area contributed by atoms with E-state index in [4.69, 9.17) is 4.74 Å². The minimum Gasteiger partial charge on any atom is -0.451 e. The molecule has 28 heavy (non-hydrogen) atoms. The predicted molar refractivity (Wildman–Crippen MR) is 104 cm³/mol. The molecule has 1 amide bonds. The Labute approximate surface area is 163 Å². The summed E-state index contributed by atoms with van der Waals surface area (Å²) in [7, 11) is -3.75. The number of benzene rings is 2. The molecule has 0 bridgehead atoms. The Morgan fingerprint density at radius 3 is 2.46 bits per heavy atom. The smallest absolute Gasteiger partial charge is 0.327 e. The molecule has 2 aromatic carbocycles. The third-order valence-corrected chi connectivity index (χ3v) is 4.95. The number of nitrogens with one attached hydrogen (secondary N) is 1. The fourth-order valence-corrected chi connectivity index (χ4v) is 3.34. The maximum Gasteiger partial charge on any atom is 0.327 e. The fraction of sp³-hybridized carbons (Fsp3) is 0.263. The van der Waals surface area contributed by atoms with E-state index < -0.39 is 40.4 Å². The van der Waals surface area contributed by atoms with Crippen molar-refractivity contribution < 1.29 is 27.1 Å². The number of ether oxygens (including phenoxy) is 1. The first kappa shape index (κ1) is 21.4. The number of nitrogens with zero attached hydrogens (tertiary/aromatic N) is 1. The largest absolute Gasteiger partial charge is 0.451 e. The number of aryl methyl sites for hydroxylation is 1. The van der Waals surface area contributed by atoms with Gasteiger partial charge in [0, 0.05) is 5.69 Å². The molecule has 0 fully saturated rings. The number of halogens is 1. The van der Waals surface area contributed by atoms with Gasteiger partial charge in [-0.3, -0.25) is 13.9 Å². The van der Waals surface area contributed by atoms with Crippen molar-refractivity contribution >= 4 is 33.3 Å². The molecule has 0 aromatic heterocycles. The number of esters is 1. The quantitative estimate of drug-likeness (QED) is 0.711. The van der Waals surface area contributed by atoms with Crippen molar-refractivity contribution in [3.8, 4) is 0 Å². The molecule has 150 valence electrons. The second-order valence-corrected chi connectivity index (χ2v) is 8.09. The molecule has 0 spiro atoms. The predicted octanol–water partition coefficient (Wildman–Crippen LogP) is 2.47. The topological polar surface area (TPSA) is 92.8 Å². The lowest BCUT2D eigenvalue weighted by Crippen LogP contribution is -2.39. The molecule has 0 unspecified atom stereocenters. The molecule has 0 aliphatic rings. The Morgan fingerprint density at radius 2 is 1.86 bits per heavy atom. The lowest BCUT2D eigenvalue weighted by molar-refractivity contribution is -0.151. The van der Waals surface area contributed by atoms with Crippen LogP contribution in [0.5, 0.6) is 0 Å². The summed E-state index contributed by atoms with van der Waals surface area (Å²) < 4.78 is 43.4. The van der Waals surface area contributed by atoms with Gasteiger partial charge >= 0.3 is 5.97 Å². The summed E-state index contributed by atoms with van der Waals surface area (Å²) in [4.78, 5) is 24.4. The van der Waals surface area contributed by atoms with Crippen molar-refractivity contribution in [1.29, 1.82) is 0 Å². The molecule has 7 nitrogen and oxygen atoms in total. The third kappa shape index (κ3) is 5.78. The van der Waals surface area contributed by atoms with Crippen molar-refractivity contribution in [2.45, 2.75) is 20.0 Å². The Balaban J connectivity index is 2.06. The van der Waals surface area contributed by atoms with Gasteiger partial charge in [-0.25, -0.2) is 12.8 Å². The van der Waals surface area contributed by atoms with Crippen LogP contribution in [-0.4, -0.2) is 39.2 Å². The van der Waals surface area contributed by atoms with Crippen molar-refractivity contribution in [3.05, 3.63) is 59.9 Å². The Morgan fingerprint density at radius 1 is 1.18 bits per heavy atom. The Kier molecular flexibility index (Phi) is 6.74. The van der Waals surface area contributed by atoms with E-state index in [-0.39, 0.29) is 5.69 Å². The molecule has 0 aliphatic carbocycles. The van der Waals surface area contributed by atoms with E-state index in [1.165, 1.54) is 25.1 Å². The van der Waals surface area contributed by atoms with Crippen LogP contribution in [0.4, 0.5) is 15.8 Å². The first-order valence-electron chi connectivity index (χ1n) is 8.37. The van der Waals surface area contributed by atoms with E-state index in [0.717, 1.165) is 16.6 Å². The highest BCUT2D eigenvalue weighted by Crippen LogP contribution is 2.22. The van der Waals surface area contributed by atoms with Gasteiger partial charge in [-0.05, 0) is 43.7 Å². The van der Waals surface area contributed by atoms with E-state index >= 15 is 0 Å². The van der Waals surface area contributed by atoms with Crippen LogP contribution in [0.1, 0.15) is 12.5 Å². The number of hydrogen-bond donors (Lipinski definition) is 1. The summed E-state index contributed by atoms with van der Waals surface area (Å²) in [5.41, 5.74) is 1.22. The van der Waals surface area contributed by atoms with E-state index in [0.29, 0.717) is 11.3 Å². The molecule has 2 rings (SSSR count). The first-order valence-corrected chi connectivity index (χ1v) is 10.2. The van der Waals surface area contributed by atoms with Crippen LogP contribution in [0.3, 0.4) is 0 Å². The fourth-order valence-electron chi connectivity index (χ4n) is 2.44. The molecule has 0 saturated carbocycles. The number of anilines is 2. The summed E-state index contributed by atoms with van der Waals surface area (Å²) in [6, 6.07) is 11.9. The van der Waals surface area contributed by atoms with E-state index in [9.17, 15) is 22.4 Å². The molecule has 9 heteroatoms. The van der Waals surface area contributed by atoms with Gasteiger partial charge in [-0.15, -0.1) is 0 Å². The zero-order valence-electron chi connectivity index (χ0n) is 15.7. The number of sulfonamides is 1. The number of carbonyl (C=O) groups excluding carboxylic acids is 2. The Hall–Kier alpha value is -2.94. The van der Waals surface area contributed by atoms with Crippen molar-refractivity contribution in [2.75, 3.05) is 22.4 Å². The minimum absolute atomic E-state index is 0.213. The van der Waals surface area contributed by atoms with Crippen LogP contribution in [0.2, 0.25) is 0 Å². The van der Waals surface area contributed by atoms with Gasteiger partial charge in [-0.2, -0.15) is 0 Å². The molecule has 1 atom stereocenters. The summed E-state index contributed by atoms with van der Waals surface area (Å²) in [6.45, 7) is 2.47. The average molecular weight is 408 g/mol. The van der Waals surface area contributed by atoms with E-state index in [1.807, 2.05) is 0 Å². The summed E-state index contributed by atoms with van der Waals surface area (Å²) >= 11 is 0. The van der Waals surface area contributed by atoms with Gasteiger partial charge in [0.05, 0.1) is 11.9 Å². The molecule has 1 N–H and O–H groups in total. The summed E-state index contributed by atoms with van der Waals surface area (Å²) in [5.74, 6) is -2.08.